The van der Waals surface area contributed by atoms with Crippen LogP contribution in [0.3, 0.4) is 0 Å². The number of hydrogen-bond donors (Lipinski definition) is 1. The molecule has 0 amide bonds. The average Bonchev–Trinajstić information content (AvgIpc) is 2.37. The number of nitrogens with zero attached hydrogens (tertiary/aromatic N) is 1. The van der Waals surface area contributed by atoms with Crippen molar-refractivity contribution in [2.45, 2.75) is 84.2 Å². The lowest BCUT2D eigenvalue weighted by Gasteiger charge is -2.33. The predicted octanol–water partition coefficient (Wildman–Crippen LogP) is 3.81. The third kappa shape index (κ3) is 6.75. The molecule has 1 aliphatic rings. The molecule has 2 atom stereocenters. The summed E-state index contributed by atoms with van der Waals surface area (Å²) < 4.78 is 0. The molecule has 2 unspecified atom stereocenters. The van der Waals surface area contributed by atoms with Crippen molar-refractivity contribution in [3.8, 4) is 0 Å². The molecule has 18 heavy (non-hydrogen) atoms. The van der Waals surface area contributed by atoms with Crippen molar-refractivity contribution >= 4 is 0 Å². The van der Waals surface area contributed by atoms with Gasteiger partial charge in [-0.1, -0.05) is 32.6 Å². The van der Waals surface area contributed by atoms with Crippen LogP contribution in [0.1, 0.15) is 72.1 Å². The van der Waals surface area contributed by atoms with Crippen LogP contribution in [-0.2, 0) is 0 Å². The monoisotopic (exact) mass is 254 g/mol. The molecule has 108 valence electrons. The second kappa shape index (κ2) is 9.80. The minimum atomic E-state index is 0.704. The van der Waals surface area contributed by atoms with Crippen LogP contribution in [-0.4, -0.2) is 36.6 Å². The molecule has 0 aliphatic carbocycles. The highest BCUT2D eigenvalue weighted by Gasteiger charge is 2.16. The van der Waals surface area contributed by atoms with E-state index in [2.05, 4.69) is 31.0 Å². The van der Waals surface area contributed by atoms with Crippen molar-refractivity contribution in [1.29, 1.82) is 0 Å². The molecule has 1 saturated heterocycles. The average molecular weight is 254 g/mol. The molecule has 0 radical (unpaired) electrons. The number of unbranched alkanes of at least 4 members (excludes halogenated alkanes) is 2. The summed E-state index contributed by atoms with van der Waals surface area (Å²) in [6.45, 7) is 10.8. The third-order valence-electron chi connectivity index (χ3n) is 4.30. The molecular formula is C16H34N2. The molecule has 0 aromatic heterocycles. The summed E-state index contributed by atoms with van der Waals surface area (Å²) in [5, 5.41) is 3.67. The van der Waals surface area contributed by atoms with Gasteiger partial charge in [-0.25, -0.2) is 0 Å². The predicted molar refractivity (Wildman–Crippen MR) is 81.1 cm³/mol. The number of rotatable bonds is 9. The number of hydrogen-bond acceptors (Lipinski definition) is 2. The van der Waals surface area contributed by atoms with Crippen LogP contribution in [0.25, 0.3) is 0 Å². The summed E-state index contributed by atoms with van der Waals surface area (Å²) in [6, 6.07) is 1.52. The zero-order valence-corrected chi connectivity index (χ0v) is 12.9. The smallest absolute Gasteiger partial charge is 0.00669 e. The molecule has 1 aliphatic heterocycles. The van der Waals surface area contributed by atoms with Crippen molar-refractivity contribution in [2.75, 3.05) is 19.6 Å². The molecule has 1 heterocycles. The normalized spacial score (nSPS) is 23.2. The Morgan fingerprint density at radius 3 is 2.78 bits per heavy atom. The Morgan fingerprint density at radius 2 is 2.06 bits per heavy atom. The molecule has 0 aromatic carbocycles. The van der Waals surface area contributed by atoms with Gasteiger partial charge in [-0.2, -0.15) is 0 Å². The summed E-state index contributed by atoms with van der Waals surface area (Å²) in [4.78, 5) is 2.67. The minimum Gasteiger partial charge on any atom is -0.314 e. The molecule has 0 spiro atoms. The lowest BCUT2D eigenvalue weighted by Crippen LogP contribution is -2.39. The van der Waals surface area contributed by atoms with Crippen LogP contribution in [0.15, 0.2) is 0 Å². The van der Waals surface area contributed by atoms with E-state index in [4.69, 9.17) is 0 Å². The minimum absolute atomic E-state index is 0.704. The molecule has 0 saturated carbocycles. The van der Waals surface area contributed by atoms with Gasteiger partial charge in [0.05, 0.1) is 0 Å². The Bertz CT molecular complexity index is 194. The van der Waals surface area contributed by atoms with Gasteiger partial charge in [0.25, 0.3) is 0 Å². The zero-order valence-electron chi connectivity index (χ0n) is 12.9. The van der Waals surface area contributed by atoms with E-state index < -0.39 is 0 Å². The first kappa shape index (κ1) is 16.0. The number of piperidine rings is 1. The first-order valence-corrected chi connectivity index (χ1v) is 8.21. The van der Waals surface area contributed by atoms with Crippen molar-refractivity contribution < 1.29 is 0 Å². The lowest BCUT2D eigenvalue weighted by atomic mass is 10.0. The molecule has 1 rings (SSSR count). The van der Waals surface area contributed by atoms with Crippen molar-refractivity contribution in [3.05, 3.63) is 0 Å². The van der Waals surface area contributed by atoms with E-state index >= 15 is 0 Å². The summed E-state index contributed by atoms with van der Waals surface area (Å²) in [5.41, 5.74) is 0. The van der Waals surface area contributed by atoms with Crippen molar-refractivity contribution in [2.24, 2.45) is 0 Å². The second-order valence-electron chi connectivity index (χ2n) is 6.09. The van der Waals surface area contributed by atoms with Gasteiger partial charge in [-0.05, 0) is 59.2 Å². The fourth-order valence-corrected chi connectivity index (χ4v) is 2.92. The van der Waals surface area contributed by atoms with Gasteiger partial charge in [0.1, 0.15) is 0 Å². The Balaban J connectivity index is 1.96. The van der Waals surface area contributed by atoms with Gasteiger partial charge in [0.2, 0.25) is 0 Å². The third-order valence-corrected chi connectivity index (χ3v) is 4.30. The van der Waals surface area contributed by atoms with E-state index in [9.17, 15) is 0 Å². The number of nitrogens with one attached hydrogen (secondary N) is 1. The number of likely N-dealkylation sites (tertiary alicyclic amines) is 1. The van der Waals surface area contributed by atoms with Crippen LogP contribution in [0.5, 0.6) is 0 Å². The van der Waals surface area contributed by atoms with Crippen molar-refractivity contribution in [3.63, 3.8) is 0 Å². The van der Waals surface area contributed by atoms with Crippen LogP contribution >= 0.6 is 0 Å². The molecule has 1 fully saturated rings. The quantitative estimate of drug-likeness (QED) is 0.629. The van der Waals surface area contributed by atoms with E-state index in [0.717, 1.165) is 6.04 Å². The van der Waals surface area contributed by atoms with Crippen LogP contribution in [0.2, 0.25) is 0 Å². The molecule has 2 heteroatoms. The van der Waals surface area contributed by atoms with E-state index in [0.29, 0.717) is 6.04 Å². The lowest BCUT2D eigenvalue weighted by molar-refractivity contribution is 0.158. The van der Waals surface area contributed by atoms with Gasteiger partial charge in [0.15, 0.2) is 0 Å². The Hall–Kier alpha value is -0.0800. The Kier molecular flexibility index (Phi) is 8.70. The van der Waals surface area contributed by atoms with Gasteiger partial charge >= 0.3 is 0 Å². The fraction of sp³-hybridized carbons (Fsp3) is 1.00. The molecule has 1 N–H and O–H groups in total. The first-order valence-electron chi connectivity index (χ1n) is 8.21. The zero-order chi connectivity index (χ0) is 13.2. The second-order valence-corrected chi connectivity index (χ2v) is 6.09. The van der Waals surface area contributed by atoms with Crippen molar-refractivity contribution in [1.82, 2.24) is 10.2 Å². The summed E-state index contributed by atoms with van der Waals surface area (Å²) in [6.07, 6.45) is 11.0. The Labute approximate surface area is 115 Å². The van der Waals surface area contributed by atoms with Gasteiger partial charge in [0, 0.05) is 12.1 Å². The van der Waals surface area contributed by atoms with Gasteiger partial charge in [-0.3, -0.25) is 0 Å². The largest absolute Gasteiger partial charge is 0.314 e. The molecule has 2 nitrogen and oxygen atoms in total. The van der Waals surface area contributed by atoms with E-state index in [-0.39, 0.29) is 0 Å². The van der Waals surface area contributed by atoms with Crippen LogP contribution in [0, 0.1) is 0 Å². The maximum atomic E-state index is 3.67. The summed E-state index contributed by atoms with van der Waals surface area (Å²) >= 11 is 0. The Morgan fingerprint density at radius 1 is 1.22 bits per heavy atom. The highest BCUT2D eigenvalue weighted by Crippen LogP contribution is 2.16. The maximum Gasteiger partial charge on any atom is 0.00669 e. The highest BCUT2D eigenvalue weighted by atomic mass is 15.2. The van der Waals surface area contributed by atoms with E-state index in [1.54, 1.807) is 0 Å². The van der Waals surface area contributed by atoms with E-state index in [1.807, 2.05) is 0 Å². The summed E-state index contributed by atoms with van der Waals surface area (Å²) in [7, 11) is 0. The standard InChI is InChI=1S/C16H34N2/c1-4-5-6-10-15(2)17-12-9-14-18-13-8-7-11-16(18)3/h15-17H,4-14H2,1-3H3. The molecule has 0 aromatic rings. The maximum absolute atomic E-state index is 3.67. The topological polar surface area (TPSA) is 15.3 Å². The fourth-order valence-electron chi connectivity index (χ4n) is 2.92. The molecule has 0 bridgehead atoms. The summed E-state index contributed by atoms with van der Waals surface area (Å²) in [5.74, 6) is 0. The highest BCUT2D eigenvalue weighted by molar-refractivity contribution is 4.73. The molecular weight excluding hydrogens is 220 g/mol. The SMILES string of the molecule is CCCCCC(C)NCCCN1CCCCC1C. The van der Waals surface area contributed by atoms with Crippen LogP contribution < -0.4 is 5.32 Å². The first-order chi connectivity index (χ1) is 8.74. The van der Waals surface area contributed by atoms with Gasteiger partial charge < -0.3 is 10.2 Å². The van der Waals surface area contributed by atoms with Gasteiger partial charge in [-0.15, -0.1) is 0 Å². The van der Waals surface area contributed by atoms with E-state index in [1.165, 1.54) is 71.0 Å². The van der Waals surface area contributed by atoms with Crippen LogP contribution in [0.4, 0.5) is 0 Å².